The predicted octanol–water partition coefficient (Wildman–Crippen LogP) is 5.83. The SMILES string of the molecule is CCOC(=O)N(C1=CN(NC2CCCC[C@@H]2N(c2ccc(C(F)(F)F)cc2)C2CCCNC2)CO1)c1ccccc1. The summed E-state index contributed by atoms with van der Waals surface area (Å²) < 4.78 is 51.2. The minimum Gasteiger partial charge on any atom is -0.455 e. The van der Waals surface area contributed by atoms with Gasteiger partial charge >= 0.3 is 12.3 Å². The number of rotatable bonds is 8. The molecule has 0 radical (unpaired) electrons. The van der Waals surface area contributed by atoms with Crippen molar-refractivity contribution >= 4 is 17.5 Å². The third kappa shape index (κ3) is 6.90. The molecule has 1 saturated heterocycles. The highest BCUT2D eigenvalue weighted by molar-refractivity contribution is 5.90. The number of benzene rings is 2. The third-order valence-corrected chi connectivity index (χ3v) is 7.88. The van der Waals surface area contributed by atoms with Crippen molar-refractivity contribution in [1.82, 2.24) is 15.8 Å². The van der Waals surface area contributed by atoms with Crippen LogP contribution in [0.15, 0.2) is 66.7 Å². The van der Waals surface area contributed by atoms with Crippen molar-refractivity contribution in [3.05, 3.63) is 72.2 Å². The molecule has 3 aliphatic rings. The molecule has 1 saturated carbocycles. The summed E-state index contributed by atoms with van der Waals surface area (Å²) >= 11 is 0. The van der Waals surface area contributed by atoms with Gasteiger partial charge in [-0.25, -0.2) is 15.1 Å². The van der Waals surface area contributed by atoms with E-state index < -0.39 is 17.8 Å². The van der Waals surface area contributed by atoms with Gasteiger partial charge in [0.2, 0.25) is 5.88 Å². The lowest BCUT2D eigenvalue weighted by atomic mass is 9.87. The number of amides is 1. The van der Waals surface area contributed by atoms with E-state index in [-0.39, 0.29) is 31.5 Å². The highest BCUT2D eigenvalue weighted by Crippen LogP contribution is 2.35. The lowest BCUT2D eigenvalue weighted by Crippen LogP contribution is -2.60. The number of para-hydroxylation sites is 1. The molecule has 5 rings (SSSR count). The first kappa shape index (κ1) is 29.1. The number of anilines is 2. The Hall–Kier alpha value is -3.44. The zero-order chi connectivity index (χ0) is 28.8. The number of halogens is 3. The van der Waals surface area contributed by atoms with Crippen molar-refractivity contribution in [2.24, 2.45) is 0 Å². The number of piperidine rings is 1. The van der Waals surface area contributed by atoms with Gasteiger partial charge in [0.05, 0.1) is 24.1 Å². The van der Waals surface area contributed by atoms with E-state index in [1.165, 1.54) is 17.0 Å². The Morgan fingerprint density at radius 1 is 1.05 bits per heavy atom. The Morgan fingerprint density at radius 3 is 2.49 bits per heavy atom. The molecule has 2 unspecified atom stereocenters. The molecule has 2 fully saturated rings. The number of hydrogen-bond donors (Lipinski definition) is 2. The van der Waals surface area contributed by atoms with Crippen LogP contribution in [0.4, 0.5) is 29.3 Å². The van der Waals surface area contributed by atoms with Gasteiger partial charge in [0.1, 0.15) is 0 Å². The third-order valence-electron chi connectivity index (χ3n) is 7.88. The number of ether oxygens (including phenoxy) is 2. The molecule has 1 aliphatic carbocycles. The van der Waals surface area contributed by atoms with E-state index in [9.17, 15) is 18.0 Å². The largest absolute Gasteiger partial charge is 0.455 e. The highest BCUT2D eigenvalue weighted by atomic mass is 19.4. The topological polar surface area (TPSA) is 69.3 Å². The molecule has 2 heterocycles. The maximum atomic E-state index is 13.3. The van der Waals surface area contributed by atoms with Gasteiger partial charge < -0.3 is 19.7 Å². The molecule has 1 amide bonds. The summed E-state index contributed by atoms with van der Waals surface area (Å²) in [6.07, 6.45) is 2.76. The van der Waals surface area contributed by atoms with Crippen LogP contribution in [0.3, 0.4) is 0 Å². The lowest BCUT2D eigenvalue weighted by Gasteiger charge is -2.47. The molecule has 2 aromatic rings. The summed E-state index contributed by atoms with van der Waals surface area (Å²) in [5.41, 5.74) is 4.41. The van der Waals surface area contributed by atoms with Crippen molar-refractivity contribution in [2.45, 2.75) is 69.8 Å². The maximum absolute atomic E-state index is 13.3. The van der Waals surface area contributed by atoms with Crippen LogP contribution < -0.4 is 20.5 Å². The first-order valence-corrected chi connectivity index (χ1v) is 14.4. The number of nitrogens with zero attached hydrogens (tertiary/aromatic N) is 3. The molecule has 11 heteroatoms. The molecule has 222 valence electrons. The van der Waals surface area contributed by atoms with E-state index in [0.29, 0.717) is 11.6 Å². The molecule has 2 aliphatic heterocycles. The minimum absolute atomic E-state index is 0.0277. The smallest absolute Gasteiger partial charge is 0.421 e. The van der Waals surface area contributed by atoms with E-state index in [0.717, 1.165) is 57.3 Å². The Kier molecular flexibility index (Phi) is 9.24. The van der Waals surface area contributed by atoms with Gasteiger partial charge in [0, 0.05) is 30.4 Å². The van der Waals surface area contributed by atoms with Crippen molar-refractivity contribution in [3.63, 3.8) is 0 Å². The van der Waals surface area contributed by atoms with Gasteiger partial charge in [-0.15, -0.1) is 0 Å². The van der Waals surface area contributed by atoms with Crippen molar-refractivity contribution in [3.8, 4) is 0 Å². The fourth-order valence-corrected chi connectivity index (χ4v) is 6.00. The number of carbonyl (C=O) groups excluding carboxylic acids is 1. The fraction of sp³-hybridized carbons (Fsp3) is 0.500. The van der Waals surface area contributed by atoms with Crippen molar-refractivity contribution < 1.29 is 27.4 Å². The standard InChI is InChI=1S/C30H38F3N5O3/c1-2-40-29(39)38(23-9-4-3-5-10-23)28-20-36(21-41-28)35-26-12-6-7-13-27(26)37(25-11-8-18-34-19-25)24-16-14-22(15-17-24)30(31,32)33/h3-5,9-10,14-17,20,25-27,34-35H,2,6-8,11-13,18-19,21H2,1H3/t25?,26?,27-/m0/s1. The van der Waals surface area contributed by atoms with Gasteiger partial charge in [-0.1, -0.05) is 31.0 Å². The van der Waals surface area contributed by atoms with Gasteiger partial charge in [-0.05, 0) is 75.5 Å². The fourth-order valence-electron chi connectivity index (χ4n) is 6.00. The van der Waals surface area contributed by atoms with Crippen LogP contribution in [0, 0.1) is 0 Å². The number of carbonyl (C=O) groups is 1. The van der Waals surface area contributed by atoms with Crippen molar-refractivity contribution in [2.75, 3.05) is 36.2 Å². The zero-order valence-corrected chi connectivity index (χ0v) is 23.3. The van der Waals surface area contributed by atoms with Crippen LogP contribution >= 0.6 is 0 Å². The number of nitrogens with one attached hydrogen (secondary N) is 2. The monoisotopic (exact) mass is 573 g/mol. The Morgan fingerprint density at radius 2 is 1.80 bits per heavy atom. The van der Waals surface area contributed by atoms with Gasteiger partial charge in [0.25, 0.3) is 0 Å². The molecule has 2 aromatic carbocycles. The van der Waals surface area contributed by atoms with Crippen LogP contribution in [0.2, 0.25) is 0 Å². The summed E-state index contributed by atoms with van der Waals surface area (Å²) in [4.78, 5) is 16.6. The summed E-state index contributed by atoms with van der Waals surface area (Å²) in [5.74, 6) is 0.352. The summed E-state index contributed by atoms with van der Waals surface area (Å²) in [6.45, 7) is 3.92. The average Bonchev–Trinajstić information content (AvgIpc) is 3.43. The zero-order valence-electron chi connectivity index (χ0n) is 23.3. The second kappa shape index (κ2) is 13.0. The van der Waals surface area contributed by atoms with Gasteiger partial charge in [-0.3, -0.25) is 5.01 Å². The first-order valence-electron chi connectivity index (χ1n) is 14.4. The minimum atomic E-state index is -4.37. The van der Waals surface area contributed by atoms with E-state index in [1.54, 1.807) is 25.3 Å². The number of alkyl halides is 3. The van der Waals surface area contributed by atoms with Crippen LogP contribution in [0.5, 0.6) is 0 Å². The molecule has 0 spiro atoms. The first-order chi connectivity index (χ1) is 19.8. The second-order valence-corrected chi connectivity index (χ2v) is 10.6. The van der Waals surface area contributed by atoms with Gasteiger partial charge in [0.15, 0.2) is 6.73 Å². The molecule has 2 N–H and O–H groups in total. The maximum Gasteiger partial charge on any atom is 0.421 e. The molecular formula is C30H38F3N5O3. The summed E-state index contributed by atoms with van der Waals surface area (Å²) in [5, 5.41) is 5.32. The average molecular weight is 574 g/mol. The highest BCUT2D eigenvalue weighted by Gasteiger charge is 2.37. The lowest BCUT2D eigenvalue weighted by molar-refractivity contribution is -0.137. The molecule has 8 nitrogen and oxygen atoms in total. The summed E-state index contributed by atoms with van der Waals surface area (Å²) in [7, 11) is 0. The Bertz CT molecular complexity index is 1170. The quantitative estimate of drug-likeness (QED) is 0.412. The van der Waals surface area contributed by atoms with E-state index >= 15 is 0 Å². The molecule has 3 atom stereocenters. The van der Waals surface area contributed by atoms with E-state index in [2.05, 4.69) is 15.6 Å². The number of hydrazine groups is 1. The Balaban J connectivity index is 1.38. The van der Waals surface area contributed by atoms with Crippen LogP contribution in [-0.4, -0.2) is 55.7 Å². The predicted molar refractivity (Wildman–Crippen MR) is 151 cm³/mol. The molecular weight excluding hydrogens is 535 g/mol. The van der Waals surface area contributed by atoms with E-state index in [4.69, 9.17) is 9.47 Å². The molecule has 41 heavy (non-hydrogen) atoms. The Labute approximate surface area is 239 Å². The van der Waals surface area contributed by atoms with Gasteiger partial charge in [-0.2, -0.15) is 13.2 Å². The molecule has 0 aromatic heterocycles. The van der Waals surface area contributed by atoms with Crippen LogP contribution in [-0.2, 0) is 15.7 Å². The van der Waals surface area contributed by atoms with Crippen molar-refractivity contribution in [1.29, 1.82) is 0 Å². The normalized spacial score (nSPS) is 23.0. The van der Waals surface area contributed by atoms with E-state index in [1.807, 2.05) is 35.3 Å². The second-order valence-electron chi connectivity index (χ2n) is 10.6. The molecule has 0 bridgehead atoms. The number of hydrogen-bond acceptors (Lipinski definition) is 7. The summed E-state index contributed by atoms with van der Waals surface area (Å²) in [6, 6.07) is 15.0. The van der Waals surface area contributed by atoms with Crippen LogP contribution in [0.1, 0.15) is 51.0 Å². The van der Waals surface area contributed by atoms with Crippen LogP contribution in [0.25, 0.3) is 0 Å².